The van der Waals surface area contributed by atoms with Crippen LogP contribution < -0.4 is 9.47 Å². The number of amides is 1. The molecule has 0 spiro atoms. The van der Waals surface area contributed by atoms with Crippen molar-refractivity contribution >= 4 is 28.1 Å². The molecule has 0 N–H and O–H groups in total. The molecule has 0 saturated carbocycles. The molecule has 0 aliphatic carbocycles. The van der Waals surface area contributed by atoms with Gasteiger partial charge in [0.25, 0.3) is 5.91 Å². The molecule has 194 valence electrons. The highest BCUT2D eigenvalue weighted by Gasteiger charge is 2.34. The zero-order valence-electron chi connectivity index (χ0n) is 22.1. The lowest BCUT2D eigenvalue weighted by atomic mass is 9.94. The Morgan fingerprint density at radius 3 is 2.76 bits per heavy atom. The van der Waals surface area contributed by atoms with Gasteiger partial charge in [-0.25, -0.2) is 0 Å². The van der Waals surface area contributed by atoms with Crippen LogP contribution in [0.15, 0.2) is 60.1 Å². The molecule has 2 aromatic heterocycles. The lowest BCUT2D eigenvalue weighted by molar-refractivity contribution is 0.0666. The first-order chi connectivity index (χ1) is 18.0. The maximum atomic E-state index is 14.1. The van der Waals surface area contributed by atoms with Gasteiger partial charge in [0, 0.05) is 41.6 Å². The van der Waals surface area contributed by atoms with E-state index >= 15 is 0 Å². The summed E-state index contributed by atoms with van der Waals surface area (Å²) in [4.78, 5) is 19.5. The second kappa shape index (κ2) is 11.0. The third kappa shape index (κ3) is 5.11. The van der Waals surface area contributed by atoms with E-state index in [1.165, 1.54) is 10.4 Å². The van der Waals surface area contributed by atoms with Crippen LogP contribution in [-0.4, -0.2) is 61.2 Å². The van der Waals surface area contributed by atoms with E-state index in [4.69, 9.17) is 9.47 Å². The highest BCUT2D eigenvalue weighted by atomic mass is 32.1. The van der Waals surface area contributed by atoms with Crippen LogP contribution in [0.2, 0.25) is 0 Å². The summed E-state index contributed by atoms with van der Waals surface area (Å²) < 4.78 is 13.8. The second-order valence-electron chi connectivity index (χ2n) is 9.76. The van der Waals surface area contributed by atoms with Gasteiger partial charge in [0.2, 0.25) is 0 Å². The van der Waals surface area contributed by atoms with Crippen molar-refractivity contribution in [2.45, 2.75) is 32.4 Å². The molecule has 6 nitrogen and oxygen atoms in total. The summed E-state index contributed by atoms with van der Waals surface area (Å²) in [5.74, 6) is 1.57. The minimum absolute atomic E-state index is 0.0230. The highest BCUT2D eigenvalue weighted by molar-refractivity contribution is 7.10. The summed E-state index contributed by atoms with van der Waals surface area (Å²) in [5.41, 5.74) is 4.36. The molecule has 1 atom stereocenters. The molecule has 2 aromatic carbocycles. The van der Waals surface area contributed by atoms with Crippen molar-refractivity contribution in [1.82, 2.24) is 14.4 Å². The summed E-state index contributed by atoms with van der Waals surface area (Å²) in [6.07, 6.45) is 3.63. The van der Waals surface area contributed by atoms with Gasteiger partial charge < -0.3 is 23.8 Å². The molecule has 1 aliphatic rings. The lowest BCUT2D eigenvalue weighted by Crippen LogP contribution is -2.40. The van der Waals surface area contributed by atoms with Crippen LogP contribution >= 0.6 is 11.3 Å². The van der Waals surface area contributed by atoms with Gasteiger partial charge in [0.05, 0.1) is 18.7 Å². The van der Waals surface area contributed by atoms with Crippen LogP contribution in [0.1, 0.15) is 39.3 Å². The summed E-state index contributed by atoms with van der Waals surface area (Å²) in [5, 5.41) is 3.17. The largest absolute Gasteiger partial charge is 0.493 e. The van der Waals surface area contributed by atoms with Crippen LogP contribution in [0.3, 0.4) is 0 Å². The fourth-order valence-electron chi connectivity index (χ4n) is 5.18. The van der Waals surface area contributed by atoms with Gasteiger partial charge in [-0.05, 0) is 74.6 Å². The van der Waals surface area contributed by atoms with Crippen LogP contribution in [0.5, 0.6) is 11.5 Å². The number of carbonyl (C=O) groups is 1. The van der Waals surface area contributed by atoms with E-state index in [2.05, 4.69) is 57.0 Å². The number of rotatable bonds is 9. The lowest BCUT2D eigenvalue weighted by Gasteiger charge is -2.36. The number of thiophene rings is 1. The normalized spacial score (nSPS) is 15.3. The maximum Gasteiger partial charge on any atom is 0.256 e. The number of ether oxygens (including phenoxy) is 2. The number of hydrogen-bond donors (Lipinski definition) is 0. The van der Waals surface area contributed by atoms with Crippen molar-refractivity contribution in [3.8, 4) is 11.5 Å². The van der Waals surface area contributed by atoms with Crippen molar-refractivity contribution in [1.29, 1.82) is 0 Å². The summed E-state index contributed by atoms with van der Waals surface area (Å²) >= 11 is 1.75. The maximum absolute atomic E-state index is 14.1. The molecule has 1 unspecified atom stereocenters. The van der Waals surface area contributed by atoms with Gasteiger partial charge in [-0.2, -0.15) is 0 Å². The fraction of sp³-hybridized carbons (Fsp3) is 0.367. The quantitative estimate of drug-likeness (QED) is 0.288. The van der Waals surface area contributed by atoms with Crippen molar-refractivity contribution in [2.24, 2.45) is 0 Å². The topological polar surface area (TPSA) is 46.9 Å². The number of benzene rings is 2. The van der Waals surface area contributed by atoms with Crippen LogP contribution in [0.25, 0.3) is 10.9 Å². The fourth-order valence-corrected chi connectivity index (χ4v) is 6.25. The number of fused-ring (bicyclic) bond motifs is 2. The molecular formula is C30H35N3O3S. The minimum atomic E-state index is -0.0230. The number of aryl methyl sites for hydroxylation is 1. The highest BCUT2D eigenvalue weighted by Crippen LogP contribution is 2.39. The molecule has 3 heterocycles. The van der Waals surface area contributed by atoms with E-state index in [9.17, 15) is 4.79 Å². The predicted octanol–water partition coefficient (Wildman–Crippen LogP) is 5.65. The number of likely N-dealkylation sites (N-methyl/N-ethyl adjacent to an activating group) is 1. The minimum Gasteiger partial charge on any atom is -0.493 e. The predicted molar refractivity (Wildman–Crippen MR) is 150 cm³/mol. The SMILES string of the molecule is CCn1cc(C(=O)N2CCc3ccsc3C2Cc2ccc(OCCN(C)C)c(OC)c2)c2ccccc21. The Morgan fingerprint density at radius 2 is 1.97 bits per heavy atom. The number of nitrogens with zero attached hydrogens (tertiary/aromatic N) is 3. The zero-order chi connectivity index (χ0) is 25.9. The van der Waals surface area contributed by atoms with E-state index in [1.807, 2.05) is 38.5 Å². The van der Waals surface area contributed by atoms with Gasteiger partial charge in [-0.1, -0.05) is 24.3 Å². The Kier molecular flexibility index (Phi) is 7.53. The second-order valence-corrected chi connectivity index (χ2v) is 10.7. The van der Waals surface area contributed by atoms with Crippen LogP contribution in [0.4, 0.5) is 0 Å². The summed E-state index contributed by atoms with van der Waals surface area (Å²) in [6.45, 7) is 5.08. The summed E-state index contributed by atoms with van der Waals surface area (Å²) in [6, 6.07) is 16.5. The number of aromatic nitrogens is 1. The smallest absolute Gasteiger partial charge is 0.256 e. The van der Waals surface area contributed by atoms with Gasteiger partial charge in [-0.15, -0.1) is 11.3 Å². The average Bonchev–Trinajstić information content (AvgIpc) is 3.54. The Balaban J connectivity index is 1.45. The third-order valence-corrected chi connectivity index (χ3v) is 8.22. The first-order valence-corrected chi connectivity index (χ1v) is 13.8. The average molecular weight is 518 g/mol. The molecule has 0 bridgehead atoms. The molecular weight excluding hydrogens is 482 g/mol. The Morgan fingerprint density at radius 1 is 1.14 bits per heavy atom. The van der Waals surface area contributed by atoms with Gasteiger partial charge in [0.15, 0.2) is 11.5 Å². The first kappa shape index (κ1) is 25.4. The van der Waals surface area contributed by atoms with Crippen molar-refractivity contribution < 1.29 is 14.3 Å². The Labute approximate surface area is 223 Å². The van der Waals surface area contributed by atoms with E-state index in [0.717, 1.165) is 59.5 Å². The molecule has 1 aliphatic heterocycles. The number of methoxy groups -OCH3 is 1. The monoisotopic (exact) mass is 517 g/mol. The van der Waals surface area contributed by atoms with Crippen molar-refractivity contribution in [3.05, 3.63) is 81.7 Å². The molecule has 0 fully saturated rings. The number of para-hydroxylation sites is 1. The molecule has 5 rings (SSSR count). The Hall–Kier alpha value is -3.29. The standard InChI is InChI=1S/C30H35N3O3S/c1-5-32-20-24(23-8-6-7-9-25(23)32)30(34)33-14-12-22-13-17-37-29(22)26(33)18-21-10-11-27(28(19-21)35-4)36-16-15-31(2)3/h6-11,13,17,19-20,26H,5,12,14-16,18H2,1-4H3. The van der Waals surface area contributed by atoms with Gasteiger partial charge in [0.1, 0.15) is 6.61 Å². The molecule has 7 heteroatoms. The Bertz CT molecular complexity index is 1390. The molecule has 0 radical (unpaired) electrons. The molecule has 0 saturated heterocycles. The van der Waals surface area contributed by atoms with Crippen LogP contribution in [0, 0.1) is 0 Å². The third-order valence-electron chi connectivity index (χ3n) is 7.16. The molecule has 1 amide bonds. The molecule has 37 heavy (non-hydrogen) atoms. The number of hydrogen-bond acceptors (Lipinski definition) is 5. The number of carbonyl (C=O) groups excluding carboxylic acids is 1. The zero-order valence-corrected chi connectivity index (χ0v) is 22.9. The van der Waals surface area contributed by atoms with E-state index < -0.39 is 0 Å². The molecule has 4 aromatic rings. The first-order valence-electron chi connectivity index (χ1n) is 12.9. The van der Waals surface area contributed by atoms with Crippen molar-refractivity contribution in [3.63, 3.8) is 0 Å². The van der Waals surface area contributed by atoms with Gasteiger partial charge in [-0.3, -0.25) is 4.79 Å². The van der Waals surface area contributed by atoms with Crippen molar-refractivity contribution in [2.75, 3.05) is 40.9 Å². The van der Waals surface area contributed by atoms with E-state index in [0.29, 0.717) is 13.2 Å². The van der Waals surface area contributed by atoms with E-state index in [-0.39, 0.29) is 11.9 Å². The van der Waals surface area contributed by atoms with Crippen LogP contribution in [-0.2, 0) is 19.4 Å². The van der Waals surface area contributed by atoms with E-state index in [1.54, 1.807) is 18.4 Å². The van der Waals surface area contributed by atoms with Gasteiger partial charge >= 0.3 is 0 Å². The summed E-state index contributed by atoms with van der Waals surface area (Å²) in [7, 11) is 5.73.